The monoisotopic (exact) mass is 309 g/mol. The Morgan fingerprint density at radius 2 is 2.22 bits per heavy atom. The summed E-state index contributed by atoms with van der Waals surface area (Å²) in [6, 6.07) is 8.34. The molecule has 0 spiro atoms. The van der Waals surface area contributed by atoms with Gasteiger partial charge in [-0.3, -0.25) is 0 Å². The van der Waals surface area contributed by atoms with Crippen LogP contribution in [0, 0.1) is 0 Å². The van der Waals surface area contributed by atoms with Crippen LogP contribution >= 0.6 is 0 Å². The molecule has 6 heteroatoms. The van der Waals surface area contributed by atoms with Gasteiger partial charge in [-0.15, -0.1) is 0 Å². The Morgan fingerprint density at radius 3 is 3.17 bits per heavy atom. The van der Waals surface area contributed by atoms with E-state index in [4.69, 9.17) is 4.74 Å². The number of H-pyrrole nitrogens is 1. The molecule has 23 heavy (non-hydrogen) atoms. The molecule has 0 bridgehead atoms. The first kappa shape index (κ1) is 13.9. The Bertz CT molecular complexity index is 829. The number of nitrogens with one attached hydrogen (secondary N) is 3. The molecule has 3 aromatic rings. The summed E-state index contributed by atoms with van der Waals surface area (Å²) >= 11 is 0. The van der Waals surface area contributed by atoms with Gasteiger partial charge >= 0.3 is 0 Å². The van der Waals surface area contributed by atoms with E-state index >= 15 is 0 Å². The van der Waals surface area contributed by atoms with Crippen molar-refractivity contribution in [3.8, 4) is 5.75 Å². The number of hydrogen-bond donors (Lipinski definition) is 3. The lowest BCUT2D eigenvalue weighted by Gasteiger charge is -2.25. The van der Waals surface area contributed by atoms with Crippen LogP contribution in [0.25, 0.3) is 10.9 Å². The highest BCUT2D eigenvalue weighted by Gasteiger charge is 2.20. The van der Waals surface area contributed by atoms with Crippen molar-refractivity contribution in [2.45, 2.75) is 19.4 Å². The largest absolute Gasteiger partial charge is 0.482 e. The topological polar surface area (TPSA) is 74.9 Å². The van der Waals surface area contributed by atoms with E-state index < -0.39 is 0 Å². The van der Waals surface area contributed by atoms with Gasteiger partial charge in [0.15, 0.2) is 11.6 Å². The average molecular weight is 309 g/mol. The van der Waals surface area contributed by atoms with Crippen LogP contribution in [0.1, 0.15) is 12.5 Å². The summed E-state index contributed by atoms with van der Waals surface area (Å²) in [7, 11) is 0. The summed E-state index contributed by atoms with van der Waals surface area (Å²) in [5.74, 6) is 2.21. The molecule has 1 aromatic carbocycles. The van der Waals surface area contributed by atoms with Crippen molar-refractivity contribution < 1.29 is 4.74 Å². The van der Waals surface area contributed by atoms with Crippen molar-refractivity contribution in [2.24, 2.45) is 0 Å². The number of ether oxygens (including phenoxy) is 1. The minimum Gasteiger partial charge on any atom is -0.482 e. The molecular formula is C17H19N5O. The van der Waals surface area contributed by atoms with E-state index in [1.807, 2.05) is 13.0 Å². The molecule has 4 rings (SSSR count). The Labute approximate surface area is 134 Å². The third-order valence-corrected chi connectivity index (χ3v) is 4.04. The fraction of sp³-hybridized carbons (Fsp3) is 0.294. The smallest absolute Gasteiger partial charge is 0.204 e. The molecule has 1 atom stereocenters. The van der Waals surface area contributed by atoms with Crippen LogP contribution in [-0.4, -0.2) is 34.1 Å². The quantitative estimate of drug-likeness (QED) is 0.691. The first-order valence-electron chi connectivity index (χ1n) is 7.85. The van der Waals surface area contributed by atoms with Crippen LogP contribution in [0.5, 0.6) is 5.75 Å². The molecule has 3 N–H and O–H groups in total. The number of para-hydroxylation sites is 1. The van der Waals surface area contributed by atoms with Crippen molar-refractivity contribution in [3.05, 3.63) is 42.4 Å². The number of aromatic amines is 1. The number of benzene rings is 1. The molecule has 3 heterocycles. The van der Waals surface area contributed by atoms with Gasteiger partial charge in [-0.25, -0.2) is 9.97 Å². The Hall–Kier alpha value is -2.76. The molecule has 118 valence electrons. The molecule has 0 saturated heterocycles. The first-order chi connectivity index (χ1) is 11.3. The van der Waals surface area contributed by atoms with E-state index in [2.05, 4.69) is 50.0 Å². The third kappa shape index (κ3) is 2.67. The second-order valence-corrected chi connectivity index (χ2v) is 5.75. The van der Waals surface area contributed by atoms with Crippen molar-refractivity contribution in [2.75, 3.05) is 23.7 Å². The fourth-order valence-electron chi connectivity index (χ4n) is 2.87. The van der Waals surface area contributed by atoms with Crippen molar-refractivity contribution >= 4 is 22.5 Å². The zero-order valence-electron chi connectivity index (χ0n) is 13.0. The summed E-state index contributed by atoms with van der Waals surface area (Å²) in [6.45, 7) is 3.57. The molecule has 2 aromatic heterocycles. The number of hydrogen-bond acceptors (Lipinski definition) is 5. The predicted octanol–water partition coefficient (Wildman–Crippen LogP) is 2.81. The lowest BCUT2D eigenvalue weighted by Crippen LogP contribution is -2.29. The lowest BCUT2D eigenvalue weighted by atomic mass is 10.1. The lowest BCUT2D eigenvalue weighted by molar-refractivity contribution is 0.225. The second-order valence-electron chi connectivity index (χ2n) is 5.75. The number of anilines is 2. The van der Waals surface area contributed by atoms with E-state index in [0.717, 1.165) is 31.1 Å². The van der Waals surface area contributed by atoms with Gasteiger partial charge in [0.25, 0.3) is 0 Å². The van der Waals surface area contributed by atoms with Gasteiger partial charge in [0.05, 0.1) is 6.54 Å². The number of nitrogens with zero attached hydrogens (tertiary/aromatic N) is 2. The van der Waals surface area contributed by atoms with Crippen LogP contribution in [0.2, 0.25) is 0 Å². The average Bonchev–Trinajstić information content (AvgIpc) is 2.99. The molecule has 0 fully saturated rings. The van der Waals surface area contributed by atoms with Gasteiger partial charge in [0.1, 0.15) is 12.4 Å². The van der Waals surface area contributed by atoms with Crippen molar-refractivity contribution in [1.82, 2.24) is 15.0 Å². The van der Waals surface area contributed by atoms with Gasteiger partial charge in [-0.2, -0.15) is 0 Å². The number of rotatable bonds is 4. The van der Waals surface area contributed by atoms with Crippen LogP contribution in [0.4, 0.5) is 11.6 Å². The van der Waals surface area contributed by atoms with Crippen LogP contribution in [-0.2, 0) is 6.42 Å². The second kappa shape index (κ2) is 5.79. The van der Waals surface area contributed by atoms with E-state index in [1.165, 1.54) is 16.5 Å². The molecule has 0 aliphatic carbocycles. The molecule has 1 aliphatic rings. The van der Waals surface area contributed by atoms with E-state index in [9.17, 15) is 0 Å². The Balaban J connectivity index is 1.48. The van der Waals surface area contributed by atoms with E-state index in [0.29, 0.717) is 5.75 Å². The van der Waals surface area contributed by atoms with Crippen molar-refractivity contribution in [1.29, 1.82) is 0 Å². The van der Waals surface area contributed by atoms with Crippen LogP contribution < -0.4 is 15.4 Å². The maximum Gasteiger partial charge on any atom is 0.204 e. The highest BCUT2D eigenvalue weighted by Crippen LogP contribution is 2.32. The van der Waals surface area contributed by atoms with Gasteiger partial charge in [0.2, 0.25) is 5.75 Å². The molecule has 0 saturated carbocycles. The van der Waals surface area contributed by atoms with Crippen LogP contribution in [0.3, 0.4) is 0 Å². The predicted molar refractivity (Wildman–Crippen MR) is 91.1 cm³/mol. The molecule has 6 nitrogen and oxygen atoms in total. The zero-order valence-corrected chi connectivity index (χ0v) is 13.0. The summed E-state index contributed by atoms with van der Waals surface area (Å²) in [5.41, 5.74) is 2.46. The highest BCUT2D eigenvalue weighted by atomic mass is 16.5. The summed E-state index contributed by atoms with van der Waals surface area (Å²) in [5, 5.41) is 7.90. The summed E-state index contributed by atoms with van der Waals surface area (Å²) in [4.78, 5) is 11.8. The standard InChI is InChI=1S/C17H19N5O/c1-11-8-20-17-15(23-11)16(21-10-22-17)18-7-6-12-9-19-14-5-3-2-4-13(12)14/h2-5,9-11,19H,6-8H2,1H3,(H2,18,20,21,22). The van der Waals surface area contributed by atoms with Crippen LogP contribution in [0.15, 0.2) is 36.8 Å². The number of fused-ring (bicyclic) bond motifs is 2. The van der Waals surface area contributed by atoms with E-state index in [-0.39, 0.29) is 6.10 Å². The minimum atomic E-state index is 0.114. The summed E-state index contributed by atoms with van der Waals surface area (Å²) in [6.07, 6.45) is 4.65. The number of aromatic nitrogens is 3. The molecule has 0 amide bonds. The Kier molecular flexibility index (Phi) is 3.49. The maximum absolute atomic E-state index is 5.86. The van der Waals surface area contributed by atoms with E-state index in [1.54, 1.807) is 6.33 Å². The minimum absolute atomic E-state index is 0.114. The van der Waals surface area contributed by atoms with Gasteiger partial charge in [-0.1, -0.05) is 18.2 Å². The molecule has 0 radical (unpaired) electrons. The first-order valence-corrected chi connectivity index (χ1v) is 7.85. The molecule has 1 aliphatic heterocycles. The Morgan fingerprint density at radius 1 is 1.30 bits per heavy atom. The van der Waals surface area contributed by atoms with Gasteiger partial charge < -0.3 is 20.4 Å². The molecule has 1 unspecified atom stereocenters. The van der Waals surface area contributed by atoms with Crippen molar-refractivity contribution in [3.63, 3.8) is 0 Å². The highest BCUT2D eigenvalue weighted by molar-refractivity contribution is 5.83. The van der Waals surface area contributed by atoms with Gasteiger partial charge in [-0.05, 0) is 25.0 Å². The third-order valence-electron chi connectivity index (χ3n) is 4.04. The molecular weight excluding hydrogens is 290 g/mol. The zero-order chi connectivity index (χ0) is 15.6. The summed E-state index contributed by atoms with van der Waals surface area (Å²) < 4.78 is 5.86. The van der Waals surface area contributed by atoms with Gasteiger partial charge in [0, 0.05) is 23.6 Å². The SMILES string of the molecule is CC1CNc2ncnc(NCCc3c[nH]c4ccccc34)c2O1. The normalized spacial score (nSPS) is 16.5. The maximum atomic E-state index is 5.86. The fourth-order valence-corrected chi connectivity index (χ4v) is 2.87.